The van der Waals surface area contributed by atoms with Crippen molar-refractivity contribution in [1.82, 2.24) is 5.06 Å². The zero-order valence-electron chi connectivity index (χ0n) is 6.26. The highest BCUT2D eigenvalue weighted by molar-refractivity contribution is 4.76. The van der Waals surface area contributed by atoms with Crippen molar-refractivity contribution in [3.8, 4) is 0 Å². The molecule has 2 heteroatoms. The van der Waals surface area contributed by atoms with Gasteiger partial charge in [-0.1, -0.05) is 13.3 Å². The van der Waals surface area contributed by atoms with Gasteiger partial charge in [0.1, 0.15) is 0 Å². The van der Waals surface area contributed by atoms with Gasteiger partial charge in [0, 0.05) is 12.6 Å². The van der Waals surface area contributed by atoms with Gasteiger partial charge in [0.05, 0.1) is 6.61 Å². The summed E-state index contributed by atoms with van der Waals surface area (Å²) in [6.07, 6.45) is 2.41. The second kappa shape index (κ2) is 3.18. The predicted octanol–water partition coefficient (Wildman–Crippen LogP) is 1.42. The molecule has 0 aromatic carbocycles. The van der Waals surface area contributed by atoms with E-state index < -0.39 is 0 Å². The third kappa shape index (κ3) is 2.33. The molecule has 0 aromatic rings. The van der Waals surface area contributed by atoms with Gasteiger partial charge >= 0.3 is 0 Å². The van der Waals surface area contributed by atoms with Crippen LogP contribution in [0, 0.1) is 0 Å². The normalized spacial score (nSPS) is 32.7. The largest absolute Gasteiger partial charge is 0.299 e. The van der Waals surface area contributed by atoms with Crippen LogP contribution < -0.4 is 0 Å². The summed E-state index contributed by atoms with van der Waals surface area (Å²) in [7, 11) is 0. The number of hydrogen-bond acceptors (Lipinski definition) is 2. The van der Waals surface area contributed by atoms with Gasteiger partial charge < -0.3 is 0 Å². The first-order chi connectivity index (χ1) is 4.34. The van der Waals surface area contributed by atoms with Gasteiger partial charge in [0.15, 0.2) is 0 Å². The molecule has 0 saturated carbocycles. The van der Waals surface area contributed by atoms with E-state index in [4.69, 9.17) is 4.84 Å². The van der Waals surface area contributed by atoms with Crippen molar-refractivity contribution >= 4 is 0 Å². The molecule has 0 bridgehead atoms. The van der Waals surface area contributed by atoms with Crippen molar-refractivity contribution in [2.75, 3.05) is 13.2 Å². The van der Waals surface area contributed by atoms with E-state index in [9.17, 15) is 0 Å². The average Bonchev–Trinajstić information content (AvgIpc) is 2.48. The van der Waals surface area contributed by atoms with Crippen LogP contribution in [-0.2, 0) is 4.84 Å². The lowest BCUT2D eigenvalue weighted by Crippen LogP contribution is -2.02. The van der Waals surface area contributed by atoms with Crippen molar-refractivity contribution in [3.05, 3.63) is 0 Å². The third-order valence-corrected chi connectivity index (χ3v) is 1.56. The fourth-order valence-electron chi connectivity index (χ4n) is 0.719. The van der Waals surface area contributed by atoms with Gasteiger partial charge in [-0.05, 0) is 13.3 Å². The van der Waals surface area contributed by atoms with E-state index in [1.165, 1.54) is 12.8 Å². The third-order valence-electron chi connectivity index (χ3n) is 1.56. The van der Waals surface area contributed by atoms with Crippen molar-refractivity contribution in [1.29, 1.82) is 0 Å². The number of hydroxylamine groups is 2. The summed E-state index contributed by atoms with van der Waals surface area (Å²) in [6, 6.07) is 0.682. The average molecular weight is 129 g/mol. The van der Waals surface area contributed by atoms with E-state index >= 15 is 0 Å². The minimum atomic E-state index is 0.682. The maximum Gasteiger partial charge on any atom is 0.0685 e. The lowest BCUT2D eigenvalue weighted by Gasteiger charge is -2.00. The maximum absolute atomic E-state index is 5.34. The highest BCUT2D eigenvalue weighted by atomic mass is 16.7. The van der Waals surface area contributed by atoms with Gasteiger partial charge in [0.25, 0.3) is 0 Å². The summed E-state index contributed by atoms with van der Waals surface area (Å²) in [4.78, 5) is 5.34. The van der Waals surface area contributed by atoms with Crippen LogP contribution in [0.25, 0.3) is 0 Å². The van der Waals surface area contributed by atoms with Gasteiger partial charge in [-0.15, -0.1) is 0 Å². The Labute approximate surface area is 56.8 Å². The predicted molar refractivity (Wildman–Crippen MR) is 37.0 cm³/mol. The van der Waals surface area contributed by atoms with Crippen molar-refractivity contribution in [2.45, 2.75) is 32.7 Å². The molecule has 1 heterocycles. The summed E-state index contributed by atoms with van der Waals surface area (Å²) in [6.45, 7) is 6.38. The molecular formula is C7H15NO. The fourth-order valence-corrected chi connectivity index (χ4v) is 0.719. The molecule has 9 heavy (non-hydrogen) atoms. The van der Waals surface area contributed by atoms with Crippen LogP contribution in [0.15, 0.2) is 0 Å². The van der Waals surface area contributed by atoms with Crippen LogP contribution in [0.1, 0.15) is 26.7 Å². The topological polar surface area (TPSA) is 12.2 Å². The quantitative estimate of drug-likeness (QED) is 0.420. The summed E-state index contributed by atoms with van der Waals surface area (Å²) in [5, 5.41) is 2.02. The SMILES string of the molecule is CCCCON1CC1C. The van der Waals surface area contributed by atoms with Crippen molar-refractivity contribution in [2.24, 2.45) is 0 Å². The molecule has 2 atom stereocenters. The van der Waals surface area contributed by atoms with Crippen molar-refractivity contribution < 1.29 is 4.84 Å². The standard InChI is InChI=1S/C7H15NO/c1-3-4-5-9-8-6-7(8)2/h7H,3-6H2,1-2H3. The number of hydrogen-bond donors (Lipinski definition) is 0. The molecule has 1 aliphatic rings. The molecule has 2 unspecified atom stereocenters. The lowest BCUT2D eigenvalue weighted by molar-refractivity contribution is -0.0747. The molecule has 0 spiro atoms. The molecule has 0 amide bonds. The van der Waals surface area contributed by atoms with Gasteiger partial charge in [0.2, 0.25) is 0 Å². The second-order valence-corrected chi connectivity index (χ2v) is 2.64. The molecule has 1 saturated heterocycles. The van der Waals surface area contributed by atoms with Gasteiger partial charge in [-0.25, -0.2) is 0 Å². The highest BCUT2D eigenvalue weighted by Gasteiger charge is 2.29. The van der Waals surface area contributed by atoms with Gasteiger partial charge in [-0.3, -0.25) is 4.84 Å². The highest BCUT2D eigenvalue weighted by Crippen LogP contribution is 2.15. The Morgan fingerprint density at radius 2 is 2.33 bits per heavy atom. The minimum Gasteiger partial charge on any atom is -0.299 e. The number of nitrogens with zero attached hydrogens (tertiary/aromatic N) is 1. The maximum atomic E-state index is 5.34. The fraction of sp³-hybridized carbons (Fsp3) is 1.00. The summed E-state index contributed by atoms with van der Waals surface area (Å²) in [5.41, 5.74) is 0. The summed E-state index contributed by atoms with van der Waals surface area (Å²) < 4.78 is 0. The first-order valence-corrected chi connectivity index (χ1v) is 3.74. The molecular weight excluding hydrogens is 114 g/mol. The molecule has 54 valence electrons. The first kappa shape index (κ1) is 7.03. The Hall–Kier alpha value is -0.0800. The Kier molecular flexibility index (Phi) is 2.49. The monoisotopic (exact) mass is 129 g/mol. The Balaban J connectivity index is 1.83. The second-order valence-electron chi connectivity index (χ2n) is 2.64. The number of unbranched alkanes of at least 4 members (excludes halogenated alkanes) is 1. The summed E-state index contributed by atoms with van der Waals surface area (Å²) in [5.74, 6) is 0. The molecule has 1 aliphatic heterocycles. The van der Waals surface area contributed by atoms with Crippen LogP contribution in [0.2, 0.25) is 0 Å². The zero-order valence-corrected chi connectivity index (χ0v) is 6.26. The Morgan fingerprint density at radius 1 is 1.67 bits per heavy atom. The van der Waals surface area contributed by atoms with Crippen LogP contribution in [0.3, 0.4) is 0 Å². The Bertz CT molecular complexity index is 85.0. The molecule has 0 radical (unpaired) electrons. The van der Waals surface area contributed by atoms with Crippen LogP contribution in [-0.4, -0.2) is 24.3 Å². The van der Waals surface area contributed by atoms with Crippen molar-refractivity contribution in [3.63, 3.8) is 0 Å². The number of rotatable bonds is 4. The minimum absolute atomic E-state index is 0.682. The van der Waals surface area contributed by atoms with E-state index in [1.54, 1.807) is 0 Å². The first-order valence-electron chi connectivity index (χ1n) is 3.74. The molecule has 0 aromatic heterocycles. The molecule has 1 fully saturated rings. The van der Waals surface area contributed by atoms with Crippen LogP contribution in [0.4, 0.5) is 0 Å². The molecule has 2 nitrogen and oxygen atoms in total. The summed E-state index contributed by atoms with van der Waals surface area (Å²) >= 11 is 0. The smallest absolute Gasteiger partial charge is 0.0685 e. The Morgan fingerprint density at radius 3 is 2.78 bits per heavy atom. The van der Waals surface area contributed by atoms with E-state index in [0.29, 0.717) is 6.04 Å². The molecule has 1 rings (SSSR count). The lowest BCUT2D eigenvalue weighted by atomic mass is 10.4. The van der Waals surface area contributed by atoms with E-state index in [1.807, 2.05) is 5.06 Å². The van der Waals surface area contributed by atoms with E-state index in [0.717, 1.165) is 13.2 Å². The molecule has 0 aliphatic carbocycles. The zero-order chi connectivity index (χ0) is 6.69. The van der Waals surface area contributed by atoms with Crippen LogP contribution >= 0.6 is 0 Å². The van der Waals surface area contributed by atoms with E-state index in [-0.39, 0.29) is 0 Å². The van der Waals surface area contributed by atoms with Gasteiger partial charge in [-0.2, -0.15) is 5.06 Å². The molecule has 0 N–H and O–H groups in total. The van der Waals surface area contributed by atoms with E-state index in [2.05, 4.69) is 13.8 Å². The van der Waals surface area contributed by atoms with Crippen LogP contribution in [0.5, 0.6) is 0 Å².